The van der Waals surface area contributed by atoms with Gasteiger partial charge >= 0.3 is 0 Å². The Labute approximate surface area is 200 Å². The quantitative estimate of drug-likeness (QED) is 0.220. The third-order valence-electron chi connectivity index (χ3n) is 7.16. The molecule has 0 saturated carbocycles. The zero-order valence-corrected chi connectivity index (χ0v) is 19.1. The molecular weight excluding hydrogens is 430 g/mol. The third-order valence-corrected chi connectivity index (χ3v) is 8.30. The number of aromatic nitrogens is 1. The zero-order valence-electron chi connectivity index (χ0n) is 18.3. The molecule has 0 bridgehead atoms. The Morgan fingerprint density at radius 2 is 1.12 bits per heavy atom. The number of thiophene rings is 1. The van der Waals surface area contributed by atoms with E-state index in [9.17, 15) is 0 Å². The minimum Gasteiger partial charge on any atom is -0.309 e. The Balaban J connectivity index is 1.65. The van der Waals surface area contributed by atoms with E-state index in [4.69, 9.17) is 0 Å². The first-order valence-corrected chi connectivity index (χ1v) is 12.4. The lowest BCUT2D eigenvalue weighted by atomic mass is 9.96. The Kier molecular flexibility index (Phi) is 3.60. The lowest BCUT2D eigenvalue weighted by Crippen LogP contribution is -1.94. The van der Waals surface area contributed by atoms with Gasteiger partial charge in [0.2, 0.25) is 0 Å². The van der Waals surface area contributed by atoms with E-state index in [0.29, 0.717) is 0 Å². The van der Waals surface area contributed by atoms with Crippen LogP contribution in [0.2, 0.25) is 0 Å². The summed E-state index contributed by atoms with van der Waals surface area (Å²) in [6, 6.07) is 42.2. The van der Waals surface area contributed by atoms with E-state index in [1.807, 2.05) is 11.3 Å². The molecule has 1 nitrogen and oxygen atoms in total. The number of hydrogen-bond acceptors (Lipinski definition) is 1. The predicted octanol–water partition coefficient (Wildman–Crippen LogP) is 9.46. The van der Waals surface area contributed by atoms with Crippen molar-refractivity contribution in [2.45, 2.75) is 0 Å². The number of nitrogens with zero attached hydrogens (tertiary/aromatic N) is 1. The highest BCUT2D eigenvalue weighted by Crippen LogP contribution is 2.43. The lowest BCUT2D eigenvalue weighted by Gasteiger charge is -2.12. The Hall–Kier alpha value is -4.14. The molecule has 8 rings (SSSR count). The SMILES string of the molecule is c1ccc(-n2c3ccccc3c3ccc4c(ccc5ccc6sc7ccccc7c6c54)c32)cc1. The van der Waals surface area contributed by atoms with Crippen LogP contribution in [0.1, 0.15) is 0 Å². The molecule has 0 amide bonds. The van der Waals surface area contributed by atoms with Crippen LogP contribution < -0.4 is 0 Å². The molecule has 0 saturated heterocycles. The molecule has 0 aliphatic carbocycles. The molecular formula is C32H19NS. The predicted molar refractivity (Wildman–Crippen MR) is 149 cm³/mol. The van der Waals surface area contributed by atoms with Crippen LogP contribution >= 0.6 is 11.3 Å². The van der Waals surface area contributed by atoms with Gasteiger partial charge in [-0.1, -0.05) is 84.9 Å². The van der Waals surface area contributed by atoms with Crippen molar-refractivity contribution >= 4 is 74.9 Å². The van der Waals surface area contributed by atoms with Gasteiger partial charge in [-0.25, -0.2) is 0 Å². The van der Waals surface area contributed by atoms with Gasteiger partial charge in [0.15, 0.2) is 0 Å². The van der Waals surface area contributed by atoms with E-state index in [1.54, 1.807) is 0 Å². The van der Waals surface area contributed by atoms with Crippen molar-refractivity contribution in [3.8, 4) is 5.69 Å². The van der Waals surface area contributed by atoms with Crippen molar-refractivity contribution in [3.63, 3.8) is 0 Å². The van der Waals surface area contributed by atoms with Crippen LogP contribution in [0.4, 0.5) is 0 Å². The van der Waals surface area contributed by atoms with Crippen LogP contribution in [0, 0.1) is 0 Å². The first kappa shape index (κ1) is 18.3. The fourth-order valence-corrected chi connectivity index (χ4v) is 6.86. The Morgan fingerprint density at radius 1 is 0.441 bits per heavy atom. The third kappa shape index (κ3) is 2.33. The van der Waals surface area contributed by atoms with E-state index in [2.05, 4.69) is 120 Å². The van der Waals surface area contributed by atoms with Gasteiger partial charge in [0.25, 0.3) is 0 Å². The summed E-state index contributed by atoms with van der Waals surface area (Å²) in [7, 11) is 0. The molecule has 0 N–H and O–H groups in total. The van der Waals surface area contributed by atoms with Crippen molar-refractivity contribution in [1.82, 2.24) is 4.57 Å². The summed E-state index contributed by atoms with van der Waals surface area (Å²) in [5.41, 5.74) is 3.72. The molecule has 0 atom stereocenters. The summed E-state index contributed by atoms with van der Waals surface area (Å²) >= 11 is 1.89. The molecule has 0 spiro atoms. The summed E-state index contributed by atoms with van der Waals surface area (Å²) < 4.78 is 5.14. The standard InChI is InChI=1S/C32H19NS/c1-2-8-21(9-3-1)33-27-12-6-4-10-22(27)24-18-17-23-25(32(24)33)16-14-20-15-19-29-31(30(20)23)26-11-5-7-13-28(26)34-29/h1-19H. The molecule has 34 heavy (non-hydrogen) atoms. The van der Waals surface area contributed by atoms with E-state index in [0.717, 1.165) is 0 Å². The number of benzene rings is 6. The minimum atomic E-state index is 1.19. The molecule has 2 heteroatoms. The van der Waals surface area contributed by atoms with E-state index in [1.165, 1.54) is 69.2 Å². The highest BCUT2D eigenvalue weighted by Gasteiger charge is 2.17. The van der Waals surface area contributed by atoms with Crippen LogP contribution in [0.15, 0.2) is 115 Å². The second-order valence-electron chi connectivity index (χ2n) is 8.95. The fraction of sp³-hybridized carbons (Fsp3) is 0. The highest BCUT2D eigenvalue weighted by molar-refractivity contribution is 7.26. The van der Waals surface area contributed by atoms with Crippen LogP contribution in [0.25, 0.3) is 69.2 Å². The molecule has 8 aromatic rings. The van der Waals surface area contributed by atoms with Gasteiger partial charge in [-0.3, -0.25) is 0 Å². The number of rotatable bonds is 1. The molecule has 0 fully saturated rings. The molecule has 2 heterocycles. The fourth-order valence-electron chi connectivity index (χ4n) is 5.75. The number of fused-ring (bicyclic) bond motifs is 11. The van der Waals surface area contributed by atoms with E-state index in [-0.39, 0.29) is 0 Å². The minimum absolute atomic E-state index is 1.19. The van der Waals surface area contributed by atoms with Gasteiger partial charge in [0, 0.05) is 42.0 Å². The average Bonchev–Trinajstić information content (AvgIpc) is 3.45. The maximum absolute atomic E-state index is 2.44. The normalized spacial score (nSPS) is 12.1. The Morgan fingerprint density at radius 3 is 2.03 bits per heavy atom. The van der Waals surface area contributed by atoms with Crippen molar-refractivity contribution in [3.05, 3.63) is 115 Å². The molecule has 0 aliphatic heterocycles. The molecule has 0 unspecified atom stereocenters. The smallest absolute Gasteiger partial charge is 0.0619 e. The summed E-state index contributed by atoms with van der Waals surface area (Å²) in [4.78, 5) is 0. The van der Waals surface area contributed by atoms with Crippen LogP contribution in [0.5, 0.6) is 0 Å². The van der Waals surface area contributed by atoms with E-state index >= 15 is 0 Å². The molecule has 2 aromatic heterocycles. The van der Waals surface area contributed by atoms with Gasteiger partial charge < -0.3 is 4.57 Å². The zero-order chi connectivity index (χ0) is 22.2. The monoisotopic (exact) mass is 449 g/mol. The van der Waals surface area contributed by atoms with Gasteiger partial charge in [-0.05, 0) is 46.5 Å². The van der Waals surface area contributed by atoms with Gasteiger partial charge in [-0.15, -0.1) is 11.3 Å². The topological polar surface area (TPSA) is 4.93 Å². The second-order valence-corrected chi connectivity index (χ2v) is 10.0. The lowest BCUT2D eigenvalue weighted by molar-refractivity contribution is 1.19. The maximum Gasteiger partial charge on any atom is 0.0619 e. The number of hydrogen-bond donors (Lipinski definition) is 0. The first-order valence-electron chi connectivity index (χ1n) is 11.6. The van der Waals surface area contributed by atoms with Crippen LogP contribution in [-0.2, 0) is 0 Å². The molecule has 0 aliphatic rings. The molecule has 6 aromatic carbocycles. The van der Waals surface area contributed by atoms with Crippen LogP contribution in [-0.4, -0.2) is 4.57 Å². The summed E-state index contributed by atoms with van der Waals surface area (Å²) in [6.45, 7) is 0. The van der Waals surface area contributed by atoms with Crippen molar-refractivity contribution < 1.29 is 0 Å². The van der Waals surface area contributed by atoms with E-state index < -0.39 is 0 Å². The maximum atomic E-state index is 2.44. The average molecular weight is 450 g/mol. The second kappa shape index (κ2) is 6.69. The van der Waals surface area contributed by atoms with Crippen molar-refractivity contribution in [2.24, 2.45) is 0 Å². The van der Waals surface area contributed by atoms with Gasteiger partial charge in [-0.2, -0.15) is 0 Å². The Bertz CT molecular complexity index is 2060. The highest BCUT2D eigenvalue weighted by atomic mass is 32.1. The summed E-state index contributed by atoms with van der Waals surface area (Å²) in [5.74, 6) is 0. The molecule has 158 valence electrons. The largest absolute Gasteiger partial charge is 0.309 e. The van der Waals surface area contributed by atoms with Gasteiger partial charge in [0.05, 0.1) is 11.0 Å². The van der Waals surface area contributed by atoms with Crippen LogP contribution in [0.3, 0.4) is 0 Å². The van der Waals surface area contributed by atoms with Crippen molar-refractivity contribution in [1.29, 1.82) is 0 Å². The summed E-state index contributed by atoms with van der Waals surface area (Å²) in [6.07, 6.45) is 0. The first-order chi connectivity index (χ1) is 16.9. The van der Waals surface area contributed by atoms with Gasteiger partial charge in [0.1, 0.15) is 0 Å². The number of para-hydroxylation sites is 2. The molecule has 0 radical (unpaired) electrons. The van der Waals surface area contributed by atoms with Crippen molar-refractivity contribution in [2.75, 3.05) is 0 Å². The summed E-state index contributed by atoms with van der Waals surface area (Å²) in [5, 5.41) is 10.6.